The van der Waals surface area contributed by atoms with Crippen LogP contribution in [0.15, 0.2) is 30.3 Å². The lowest BCUT2D eigenvalue weighted by Crippen LogP contribution is -2.43. The lowest BCUT2D eigenvalue weighted by Gasteiger charge is -2.35. The maximum absolute atomic E-state index is 3.90. The lowest BCUT2D eigenvalue weighted by atomic mass is 9.79. The van der Waals surface area contributed by atoms with Gasteiger partial charge in [-0.15, -0.1) is 0 Å². The third-order valence-corrected chi connectivity index (χ3v) is 4.43. The van der Waals surface area contributed by atoms with Crippen LogP contribution < -0.4 is 5.32 Å². The molecule has 0 saturated heterocycles. The van der Waals surface area contributed by atoms with Gasteiger partial charge >= 0.3 is 0 Å². The Kier molecular flexibility index (Phi) is 5.25. The van der Waals surface area contributed by atoms with Gasteiger partial charge in [0, 0.05) is 12.1 Å². The highest BCUT2D eigenvalue weighted by atomic mass is 15.0. The van der Waals surface area contributed by atoms with Crippen molar-refractivity contribution in [2.24, 2.45) is 0 Å². The van der Waals surface area contributed by atoms with Crippen LogP contribution in [0, 0.1) is 0 Å². The zero-order valence-electron chi connectivity index (χ0n) is 11.9. The maximum atomic E-state index is 3.90. The molecule has 18 heavy (non-hydrogen) atoms. The van der Waals surface area contributed by atoms with Gasteiger partial charge in [-0.1, -0.05) is 57.0 Å². The van der Waals surface area contributed by atoms with Crippen molar-refractivity contribution in [2.75, 3.05) is 0 Å². The van der Waals surface area contributed by atoms with Crippen molar-refractivity contribution in [3.05, 3.63) is 35.9 Å². The molecule has 2 atom stereocenters. The van der Waals surface area contributed by atoms with E-state index in [0.29, 0.717) is 12.1 Å². The van der Waals surface area contributed by atoms with Crippen LogP contribution in [0.5, 0.6) is 0 Å². The highest BCUT2D eigenvalue weighted by Gasteiger charge is 2.27. The first kappa shape index (κ1) is 13.6. The highest BCUT2D eigenvalue weighted by Crippen LogP contribution is 2.33. The molecule has 0 amide bonds. The van der Waals surface area contributed by atoms with Gasteiger partial charge in [0.15, 0.2) is 0 Å². The molecule has 0 spiro atoms. The summed E-state index contributed by atoms with van der Waals surface area (Å²) in [7, 11) is 0. The molecule has 1 aliphatic carbocycles. The van der Waals surface area contributed by atoms with Crippen LogP contribution in [0.25, 0.3) is 0 Å². The van der Waals surface area contributed by atoms with Crippen LogP contribution in [0.4, 0.5) is 0 Å². The van der Waals surface area contributed by atoms with Gasteiger partial charge in [-0.2, -0.15) is 0 Å². The standard InChI is InChI=1S/C17H27N/c1-3-15(4-2)18-17-13-9-8-12-16(17)14-10-6-5-7-11-14/h5-7,10-11,15-18H,3-4,8-9,12-13H2,1-2H3. The van der Waals surface area contributed by atoms with Crippen molar-refractivity contribution in [3.63, 3.8) is 0 Å². The predicted octanol–water partition coefficient (Wildman–Crippen LogP) is 4.49. The molecule has 0 radical (unpaired) electrons. The maximum Gasteiger partial charge on any atom is 0.0138 e. The van der Waals surface area contributed by atoms with Gasteiger partial charge in [0.05, 0.1) is 0 Å². The molecule has 0 aliphatic heterocycles. The van der Waals surface area contributed by atoms with E-state index in [4.69, 9.17) is 0 Å². The predicted molar refractivity (Wildman–Crippen MR) is 78.9 cm³/mol. The molecule has 0 aromatic heterocycles. The summed E-state index contributed by atoms with van der Waals surface area (Å²) in [5, 5.41) is 3.90. The zero-order valence-corrected chi connectivity index (χ0v) is 11.9. The zero-order chi connectivity index (χ0) is 12.8. The van der Waals surface area contributed by atoms with E-state index in [2.05, 4.69) is 49.5 Å². The minimum absolute atomic E-state index is 0.686. The Bertz CT molecular complexity index is 329. The molecule has 1 nitrogen and oxygen atoms in total. The Balaban J connectivity index is 2.06. The van der Waals surface area contributed by atoms with E-state index in [1.807, 2.05) is 0 Å². The molecule has 1 fully saturated rings. The van der Waals surface area contributed by atoms with E-state index in [-0.39, 0.29) is 0 Å². The second-order valence-corrected chi connectivity index (χ2v) is 5.59. The number of nitrogens with one attached hydrogen (secondary N) is 1. The Labute approximate surface area is 112 Å². The summed E-state index contributed by atoms with van der Waals surface area (Å²) in [4.78, 5) is 0. The average Bonchev–Trinajstić information content (AvgIpc) is 2.46. The fourth-order valence-electron chi connectivity index (χ4n) is 3.26. The first-order valence-electron chi connectivity index (χ1n) is 7.66. The van der Waals surface area contributed by atoms with E-state index in [9.17, 15) is 0 Å². The summed E-state index contributed by atoms with van der Waals surface area (Å²) in [6.07, 6.45) is 7.96. The number of benzene rings is 1. The van der Waals surface area contributed by atoms with E-state index in [1.165, 1.54) is 44.1 Å². The van der Waals surface area contributed by atoms with Crippen molar-refractivity contribution >= 4 is 0 Å². The van der Waals surface area contributed by atoms with Crippen LogP contribution in [-0.4, -0.2) is 12.1 Å². The molecule has 1 aromatic rings. The van der Waals surface area contributed by atoms with Crippen molar-refractivity contribution in [1.29, 1.82) is 0 Å². The number of hydrogen-bond donors (Lipinski definition) is 1. The third kappa shape index (κ3) is 3.35. The van der Waals surface area contributed by atoms with E-state index < -0.39 is 0 Å². The topological polar surface area (TPSA) is 12.0 Å². The second-order valence-electron chi connectivity index (χ2n) is 5.59. The second kappa shape index (κ2) is 6.94. The van der Waals surface area contributed by atoms with Gasteiger partial charge in [-0.05, 0) is 37.2 Å². The molecule has 0 bridgehead atoms. The fraction of sp³-hybridized carbons (Fsp3) is 0.647. The minimum Gasteiger partial charge on any atom is -0.311 e. The van der Waals surface area contributed by atoms with Gasteiger partial charge in [0.25, 0.3) is 0 Å². The fourth-order valence-corrected chi connectivity index (χ4v) is 3.26. The van der Waals surface area contributed by atoms with Crippen LogP contribution in [0.1, 0.15) is 63.9 Å². The monoisotopic (exact) mass is 245 g/mol. The summed E-state index contributed by atoms with van der Waals surface area (Å²) < 4.78 is 0. The minimum atomic E-state index is 0.686. The van der Waals surface area contributed by atoms with Crippen LogP contribution >= 0.6 is 0 Å². The summed E-state index contributed by atoms with van der Waals surface area (Å²) >= 11 is 0. The quantitative estimate of drug-likeness (QED) is 0.806. The molecule has 1 aromatic carbocycles. The smallest absolute Gasteiger partial charge is 0.0138 e. The van der Waals surface area contributed by atoms with Crippen molar-refractivity contribution in [2.45, 2.75) is 70.4 Å². The Hall–Kier alpha value is -0.820. The number of rotatable bonds is 5. The summed E-state index contributed by atoms with van der Waals surface area (Å²) in [6.45, 7) is 4.59. The normalized spacial score (nSPS) is 24.4. The van der Waals surface area contributed by atoms with Crippen molar-refractivity contribution < 1.29 is 0 Å². The molecular weight excluding hydrogens is 218 g/mol. The van der Waals surface area contributed by atoms with Gasteiger partial charge in [-0.25, -0.2) is 0 Å². The van der Waals surface area contributed by atoms with Gasteiger partial charge < -0.3 is 5.32 Å². The van der Waals surface area contributed by atoms with Crippen LogP contribution in [0.3, 0.4) is 0 Å². The molecule has 0 heterocycles. The Morgan fingerprint density at radius 3 is 2.39 bits per heavy atom. The van der Waals surface area contributed by atoms with Crippen molar-refractivity contribution in [1.82, 2.24) is 5.32 Å². The van der Waals surface area contributed by atoms with Crippen molar-refractivity contribution in [3.8, 4) is 0 Å². The van der Waals surface area contributed by atoms with Crippen LogP contribution in [0.2, 0.25) is 0 Å². The molecule has 1 aliphatic rings. The first-order chi connectivity index (χ1) is 8.85. The molecule has 1 N–H and O–H groups in total. The molecular formula is C17H27N. The van der Waals surface area contributed by atoms with Gasteiger partial charge in [-0.3, -0.25) is 0 Å². The van der Waals surface area contributed by atoms with E-state index in [0.717, 1.165) is 5.92 Å². The molecule has 1 saturated carbocycles. The molecule has 1 heteroatoms. The van der Waals surface area contributed by atoms with Gasteiger partial charge in [0.2, 0.25) is 0 Å². The van der Waals surface area contributed by atoms with E-state index >= 15 is 0 Å². The molecule has 100 valence electrons. The van der Waals surface area contributed by atoms with Gasteiger partial charge in [0.1, 0.15) is 0 Å². The first-order valence-corrected chi connectivity index (χ1v) is 7.66. The van der Waals surface area contributed by atoms with E-state index in [1.54, 1.807) is 0 Å². The summed E-state index contributed by atoms with van der Waals surface area (Å²) in [5.41, 5.74) is 1.53. The lowest BCUT2D eigenvalue weighted by molar-refractivity contribution is 0.291. The molecule has 2 unspecified atom stereocenters. The summed E-state index contributed by atoms with van der Waals surface area (Å²) in [5.74, 6) is 0.723. The summed E-state index contributed by atoms with van der Waals surface area (Å²) in [6, 6.07) is 12.5. The molecule has 2 rings (SSSR count). The number of hydrogen-bond acceptors (Lipinski definition) is 1. The highest BCUT2D eigenvalue weighted by molar-refractivity contribution is 5.22. The Morgan fingerprint density at radius 1 is 1.06 bits per heavy atom. The SMILES string of the molecule is CCC(CC)NC1CCCCC1c1ccccc1. The van der Waals surface area contributed by atoms with Crippen LogP contribution in [-0.2, 0) is 0 Å². The average molecular weight is 245 g/mol. The third-order valence-electron chi connectivity index (χ3n) is 4.43. The Morgan fingerprint density at radius 2 is 1.72 bits per heavy atom. The largest absolute Gasteiger partial charge is 0.311 e.